The monoisotopic (exact) mass is 246 g/mol. The van der Waals surface area contributed by atoms with Crippen LogP contribution in [0.2, 0.25) is 0 Å². The fourth-order valence-electron chi connectivity index (χ4n) is 1.60. The van der Waals surface area contributed by atoms with Gasteiger partial charge in [-0.1, -0.05) is 0 Å². The zero-order valence-electron chi connectivity index (χ0n) is 9.98. The summed E-state index contributed by atoms with van der Waals surface area (Å²) in [5.74, 6) is -0.833. The minimum Gasteiger partial charge on any atom is -0.464 e. The van der Waals surface area contributed by atoms with Gasteiger partial charge in [0.25, 0.3) is 0 Å². The SMILES string of the molecule is COC(=O)c1ccc(-c2ccc(F)cc2C)nn1. The minimum absolute atomic E-state index is 0.140. The predicted octanol–water partition coefficient (Wildman–Crippen LogP) is 2.38. The maximum absolute atomic E-state index is 13.0. The van der Waals surface area contributed by atoms with Gasteiger partial charge in [0.1, 0.15) is 5.82 Å². The van der Waals surface area contributed by atoms with Crippen molar-refractivity contribution in [3.63, 3.8) is 0 Å². The first-order valence-corrected chi connectivity index (χ1v) is 5.30. The summed E-state index contributed by atoms with van der Waals surface area (Å²) in [6, 6.07) is 7.59. The number of rotatable bonds is 2. The first-order valence-electron chi connectivity index (χ1n) is 5.30. The smallest absolute Gasteiger partial charge is 0.358 e. The highest BCUT2D eigenvalue weighted by Gasteiger charge is 2.09. The van der Waals surface area contributed by atoms with Crippen molar-refractivity contribution in [1.82, 2.24) is 10.2 Å². The van der Waals surface area contributed by atoms with E-state index in [4.69, 9.17) is 0 Å². The number of nitrogens with zero attached hydrogens (tertiary/aromatic N) is 2. The number of esters is 1. The highest BCUT2D eigenvalue weighted by molar-refractivity contribution is 5.87. The molecule has 0 bridgehead atoms. The van der Waals surface area contributed by atoms with Crippen molar-refractivity contribution < 1.29 is 13.9 Å². The van der Waals surface area contributed by atoms with Gasteiger partial charge in [0.15, 0.2) is 5.69 Å². The first-order chi connectivity index (χ1) is 8.61. The summed E-state index contributed by atoms with van der Waals surface area (Å²) in [5.41, 5.74) is 2.26. The van der Waals surface area contributed by atoms with Gasteiger partial charge in [-0.25, -0.2) is 9.18 Å². The lowest BCUT2D eigenvalue weighted by Crippen LogP contribution is -2.05. The molecule has 0 N–H and O–H groups in total. The first kappa shape index (κ1) is 12.2. The zero-order valence-corrected chi connectivity index (χ0v) is 9.98. The summed E-state index contributed by atoms with van der Waals surface area (Å²) in [7, 11) is 1.28. The summed E-state index contributed by atoms with van der Waals surface area (Å²) in [6.07, 6.45) is 0. The van der Waals surface area contributed by atoms with Crippen LogP contribution in [0.4, 0.5) is 4.39 Å². The minimum atomic E-state index is -0.537. The second-order valence-electron chi connectivity index (χ2n) is 3.75. The van der Waals surface area contributed by atoms with E-state index in [1.807, 2.05) is 0 Å². The molecule has 5 heteroatoms. The van der Waals surface area contributed by atoms with Gasteiger partial charge in [-0.15, -0.1) is 10.2 Å². The van der Waals surface area contributed by atoms with E-state index in [1.165, 1.54) is 25.3 Å². The van der Waals surface area contributed by atoms with Crippen molar-refractivity contribution in [3.05, 3.63) is 47.4 Å². The number of aryl methyl sites for hydroxylation is 1. The van der Waals surface area contributed by atoms with Crippen LogP contribution in [0.1, 0.15) is 16.1 Å². The number of ether oxygens (including phenoxy) is 1. The Balaban J connectivity index is 2.37. The fourth-order valence-corrected chi connectivity index (χ4v) is 1.60. The predicted molar refractivity (Wildman–Crippen MR) is 63.5 cm³/mol. The lowest BCUT2D eigenvalue weighted by atomic mass is 10.1. The third kappa shape index (κ3) is 2.34. The average molecular weight is 246 g/mol. The van der Waals surface area contributed by atoms with Crippen LogP contribution in [0.25, 0.3) is 11.3 Å². The number of hydrogen-bond acceptors (Lipinski definition) is 4. The Morgan fingerprint density at radius 2 is 2.00 bits per heavy atom. The molecule has 0 radical (unpaired) electrons. The Labute approximate surface area is 103 Å². The Morgan fingerprint density at radius 3 is 2.56 bits per heavy atom. The van der Waals surface area contributed by atoms with Crippen LogP contribution in [-0.2, 0) is 4.74 Å². The topological polar surface area (TPSA) is 52.1 Å². The maximum atomic E-state index is 13.0. The molecule has 0 atom stereocenters. The second kappa shape index (κ2) is 4.91. The third-order valence-corrected chi connectivity index (χ3v) is 2.52. The van der Waals surface area contributed by atoms with Crippen molar-refractivity contribution >= 4 is 5.97 Å². The van der Waals surface area contributed by atoms with Gasteiger partial charge >= 0.3 is 5.97 Å². The average Bonchev–Trinajstić information content (AvgIpc) is 2.38. The highest BCUT2D eigenvalue weighted by atomic mass is 19.1. The van der Waals surface area contributed by atoms with Gasteiger partial charge in [0.2, 0.25) is 0 Å². The normalized spacial score (nSPS) is 10.2. The fraction of sp³-hybridized carbons (Fsp3) is 0.154. The van der Waals surface area contributed by atoms with Gasteiger partial charge in [0.05, 0.1) is 12.8 Å². The van der Waals surface area contributed by atoms with E-state index in [0.717, 1.165) is 11.1 Å². The molecule has 0 spiro atoms. The molecule has 0 saturated carbocycles. The molecule has 92 valence electrons. The molecule has 0 saturated heterocycles. The van der Waals surface area contributed by atoms with Crippen LogP contribution in [-0.4, -0.2) is 23.3 Å². The molecule has 1 heterocycles. The molecule has 2 rings (SSSR count). The quantitative estimate of drug-likeness (QED) is 0.763. The van der Waals surface area contributed by atoms with Crippen LogP contribution < -0.4 is 0 Å². The van der Waals surface area contributed by atoms with Crippen molar-refractivity contribution in [2.24, 2.45) is 0 Å². The third-order valence-electron chi connectivity index (χ3n) is 2.52. The summed E-state index contributed by atoms with van der Waals surface area (Å²) in [6.45, 7) is 1.79. The summed E-state index contributed by atoms with van der Waals surface area (Å²) >= 11 is 0. The number of hydrogen-bond donors (Lipinski definition) is 0. The molecule has 0 unspecified atom stereocenters. The second-order valence-corrected chi connectivity index (χ2v) is 3.75. The van der Waals surface area contributed by atoms with E-state index in [2.05, 4.69) is 14.9 Å². The molecule has 2 aromatic rings. The van der Waals surface area contributed by atoms with Gasteiger partial charge in [0, 0.05) is 5.56 Å². The Hall–Kier alpha value is -2.30. The molecule has 1 aromatic heterocycles. The van der Waals surface area contributed by atoms with Crippen molar-refractivity contribution in [2.45, 2.75) is 6.92 Å². The van der Waals surface area contributed by atoms with Crippen molar-refractivity contribution in [2.75, 3.05) is 7.11 Å². The van der Waals surface area contributed by atoms with Gasteiger partial charge in [-0.05, 0) is 42.8 Å². The van der Waals surface area contributed by atoms with Gasteiger partial charge in [-0.3, -0.25) is 0 Å². The van der Waals surface area contributed by atoms with E-state index < -0.39 is 5.97 Å². The molecular formula is C13H11FN2O2. The molecule has 0 aliphatic carbocycles. The van der Waals surface area contributed by atoms with Gasteiger partial charge in [-0.2, -0.15) is 0 Å². The summed E-state index contributed by atoms with van der Waals surface area (Å²) in [5, 5.41) is 7.71. The number of carbonyl (C=O) groups excluding carboxylic acids is 1. The number of methoxy groups -OCH3 is 1. The Bertz CT molecular complexity index is 582. The molecule has 18 heavy (non-hydrogen) atoms. The van der Waals surface area contributed by atoms with Crippen LogP contribution in [0.5, 0.6) is 0 Å². The number of halogens is 1. The van der Waals surface area contributed by atoms with Crippen LogP contribution in [0, 0.1) is 12.7 Å². The standard InChI is InChI=1S/C13H11FN2O2/c1-8-7-9(14)3-4-10(8)11-5-6-12(16-15-11)13(17)18-2/h3-7H,1-2H3. The van der Waals surface area contributed by atoms with Crippen molar-refractivity contribution in [3.8, 4) is 11.3 Å². The molecule has 0 amide bonds. The highest BCUT2D eigenvalue weighted by Crippen LogP contribution is 2.21. The largest absolute Gasteiger partial charge is 0.464 e. The maximum Gasteiger partial charge on any atom is 0.358 e. The van der Waals surface area contributed by atoms with Gasteiger partial charge < -0.3 is 4.74 Å². The van der Waals surface area contributed by atoms with E-state index in [0.29, 0.717) is 5.69 Å². The Kier molecular flexibility index (Phi) is 3.32. The zero-order chi connectivity index (χ0) is 13.1. The van der Waals surface area contributed by atoms with E-state index >= 15 is 0 Å². The Morgan fingerprint density at radius 1 is 1.22 bits per heavy atom. The van der Waals surface area contributed by atoms with Crippen molar-refractivity contribution in [1.29, 1.82) is 0 Å². The van der Waals surface area contributed by atoms with E-state index in [-0.39, 0.29) is 11.5 Å². The van der Waals surface area contributed by atoms with E-state index in [9.17, 15) is 9.18 Å². The lowest BCUT2D eigenvalue weighted by Gasteiger charge is -2.05. The summed E-state index contributed by atoms with van der Waals surface area (Å²) in [4.78, 5) is 11.2. The number of benzene rings is 1. The summed E-state index contributed by atoms with van der Waals surface area (Å²) < 4.78 is 17.5. The van der Waals surface area contributed by atoms with Crippen LogP contribution in [0.15, 0.2) is 30.3 Å². The van der Waals surface area contributed by atoms with E-state index in [1.54, 1.807) is 19.1 Å². The molecule has 1 aromatic carbocycles. The number of carbonyl (C=O) groups is 1. The van der Waals surface area contributed by atoms with Crippen LogP contribution in [0.3, 0.4) is 0 Å². The van der Waals surface area contributed by atoms with Crippen LogP contribution >= 0.6 is 0 Å². The molecule has 0 aliphatic rings. The molecule has 0 fully saturated rings. The molecule has 4 nitrogen and oxygen atoms in total. The lowest BCUT2D eigenvalue weighted by molar-refractivity contribution is 0.0592. The number of aromatic nitrogens is 2. The molecular weight excluding hydrogens is 235 g/mol. The molecule has 0 aliphatic heterocycles.